The van der Waals surface area contributed by atoms with E-state index in [0.717, 1.165) is 30.8 Å². The maximum Gasteiger partial charge on any atom is 0.237 e. The second kappa shape index (κ2) is 8.53. The molecule has 0 spiro atoms. The van der Waals surface area contributed by atoms with Gasteiger partial charge >= 0.3 is 0 Å². The van der Waals surface area contributed by atoms with Crippen molar-refractivity contribution in [2.45, 2.75) is 39.7 Å². The predicted molar refractivity (Wildman–Crippen MR) is 82.5 cm³/mol. The Morgan fingerprint density at radius 1 is 1.40 bits per heavy atom. The number of carbonyl (C=O) groups excluding carboxylic acids is 1. The van der Waals surface area contributed by atoms with Crippen LogP contribution in [0, 0.1) is 12.8 Å². The maximum absolute atomic E-state index is 11.7. The van der Waals surface area contributed by atoms with Crippen LogP contribution in [0.3, 0.4) is 0 Å². The second-order valence-electron chi connectivity index (χ2n) is 5.20. The Morgan fingerprint density at radius 2 is 2.15 bits per heavy atom. The second-order valence-corrected chi connectivity index (χ2v) is 5.20. The summed E-state index contributed by atoms with van der Waals surface area (Å²) in [6.07, 6.45) is 3.58. The third-order valence-electron chi connectivity index (χ3n) is 3.43. The Morgan fingerprint density at radius 3 is 2.75 bits per heavy atom. The lowest BCUT2D eigenvalue weighted by molar-refractivity contribution is -0.123. The van der Waals surface area contributed by atoms with Crippen LogP contribution in [0.15, 0.2) is 18.3 Å². The number of rotatable bonds is 8. The lowest BCUT2D eigenvalue weighted by atomic mass is 9.99. The largest absolute Gasteiger partial charge is 0.370 e. The quantitative estimate of drug-likeness (QED) is 0.632. The molecule has 0 fully saturated rings. The van der Waals surface area contributed by atoms with Crippen LogP contribution >= 0.6 is 0 Å². The lowest BCUT2D eigenvalue weighted by Gasteiger charge is -2.17. The molecule has 0 aliphatic rings. The fourth-order valence-electron chi connectivity index (χ4n) is 1.72. The molecular formula is C15H26N4O. The molecule has 20 heavy (non-hydrogen) atoms. The molecule has 0 radical (unpaired) electrons. The summed E-state index contributed by atoms with van der Waals surface area (Å²) < 4.78 is 0. The molecule has 112 valence electrons. The number of aryl methyl sites for hydroxylation is 1. The van der Waals surface area contributed by atoms with Gasteiger partial charge in [-0.2, -0.15) is 0 Å². The monoisotopic (exact) mass is 278 g/mol. The summed E-state index contributed by atoms with van der Waals surface area (Å²) in [5.74, 6) is 1.01. The van der Waals surface area contributed by atoms with E-state index in [2.05, 4.69) is 15.6 Å². The SMILES string of the molecule is CCC(C)C(N)C(=O)NCCCNc1ccc(C)cn1. The van der Waals surface area contributed by atoms with Crippen molar-refractivity contribution in [1.82, 2.24) is 10.3 Å². The number of nitrogens with zero attached hydrogens (tertiary/aromatic N) is 1. The van der Waals surface area contributed by atoms with Crippen molar-refractivity contribution in [3.05, 3.63) is 23.9 Å². The van der Waals surface area contributed by atoms with Crippen LogP contribution in [-0.4, -0.2) is 30.0 Å². The van der Waals surface area contributed by atoms with Gasteiger partial charge in [-0.1, -0.05) is 26.3 Å². The number of amides is 1. The Balaban J connectivity index is 2.16. The fourth-order valence-corrected chi connectivity index (χ4v) is 1.72. The first kappa shape index (κ1) is 16.4. The topological polar surface area (TPSA) is 80.0 Å². The molecule has 5 heteroatoms. The van der Waals surface area contributed by atoms with Crippen LogP contribution in [0.2, 0.25) is 0 Å². The summed E-state index contributed by atoms with van der Waals surface area (Å²) in [5.41, 5.74) is 6.99. The summed E-state index contributed by atoms with van der Waals surface area (Å²) in [4.78, 5) is 16.0. The van der Waals surface area contributed by atoms with Gasteiger partial charge in [-0.15, -0.1) is 0 Å². The van der Waals surface area contributed by atoms with Gasteiger partial charge in [0.15, 0.2) is 0 Å². The van der Waals surface area contributed by atoms with E-state index in [0.29, 0.717) is 6.54 Å². The third kappa shape index (κ3) is 5.57. The van der Waals surface area contributed by atoms with Gasteiger partial charge in [-0.25, -0.2) is 4.98 Å². The Bertz CT molecular complexity index is 405. The smallest absolute Gasteiger partial charge is 0.237 e. The molecule has 0 aliphatic heterocycles. The van der Waals surface area contributed by atoms with Crippen LogP contribution in [0.5, 0.6) is 0 Å². The molecule has 0 bridgehead atoms. The average molecular weight is 278 g/mol. The first-order chi connectivity index (χ1) is 9.54. The highest BCUT2D eigenvalue weighted by atomic mass is 16.2. The van der Waals surface area contributed by atoms with E-state index in [1.54, 1.807) is 0 Å². The number of pyridine rings is 1. The van der Waals surface area contributed by atoms with Crippen LogP contribution in [-0.2, 0) is 4.79 Å². The van der Waals surface area contributed by atoms with Crippen molar-refractivity contribution in [1.29, 1.82) is 0 Å². The van der Waals surface area contributed by atoms with Crippen molar-refractivity contribution in [2.24, 2.45) is 11.7 Å². The van der Waals surface area contributed by atoms with Crippen molar-refractivity contribution in [3.63, 3.8) is 0 Å². The summed E-state index contributed by atoms with van der Waals surface area (Å²) in [6, 6.07) is 3.56. The molecule has 0 aromatic carbocycles. The standard InChI is InChI=1S/C15H26N4O/c1-4-12(3)14(16)15(20)18-9-5-8-17-13-7-6-11(2)10-19-13/h6-7,10,12,14H,4-5,8-9,16H2,1-3H3,(H,17,19)(H,18,20). The molecule has 1 rings (SSSR count). The third-order valence-corrected chi connectivity index (χ3v) is 3.43. The van der Waals surface area contributed by atoms with Gasteiger partial charge in [0, 0.05) is 19.3 Å². The minimum absolute atomic E-state index is 0.0622. The number of carbonyl (C=O) groups is 1. The summed E-state index contributed by atoms with van der Waals surface area (Å²) in [6.45, 7) is 7.44. The van der Waals surface area contributed by atoms with Crippen LogP contribution in [0.1, 0.15) is 32.3 Å². The molecule has 1 aromatic heterocycles. The molecular weight excluding hydrogens is 252 g/mol. The molecule has 0 saturated heterocycles. The lowest BCUT2D eigenvalue weighted by Crippen LogP contribution is -2.45. The van der Waals surface area contributed by atoms with E-state index in [4.69, 9.17) is 5.73 Å². The Kier molecular flexibility index (Phi) is 7.01. The van der Waals surface area contributed by atoms with Crippen molar-refractivity contribution >= 4 is 11.7 Å². The van der Waals surface area contributed by atoms with E-state index in [9.17, 15) is 4.79 Å². The van der Waals surface area contributed by atoms with Gasteiger partial charge in [-0.3, -0.25) is 4.79 Å². The summed E-state index contributed by atoms with van der Waals surface area (Å²) in [7, 11) is 0. The average Bonchev–Trinajstić information content (AvgIpc) is 2.47. The Hall–Kier alpha value is -1.62. The number of hydrogen-bond donors (Lipinski definition) is 3. The van der Waals surface area contributed by atoms with E-state index in [1.807, 2.05) is 39.1 Å². The minimum atomic E-state index is -0.410. The van der Waals surface area contributed by atoms with Gasteiger partial charge in [0.05, 0.1) is 6.04 Å². The molecule has 4 N–H and O–H groups in total. The van der Waals surface area contributed by atoms with E-state index in [-0.39, 0.29) is 11.8 Å². The zero-order valence-corrected chi connectivity index (χ0v) is 12.6. The first-order valence-corrected chi connectivity index (χ1v) is 7.24. The molecule has 5 nitrogen and oxygen atoms in total. The fraction of sp³-hybridized carbons (Fsp3) is 0.600. The molecule has 0 aliphatic carbocycles. The van der Waals surface area contributed by atoms with E-state index < -0.39 is 6.04 Å². The molecule has 2 unspecified atom stereocenters. The van der Waals surface area contributed by atoms with Gasteiger partial charge in [0.1, 0.15) is 5.82 Å². The molecule has 1 heterocycles. The summed E-state index contributed by atoms with van der Waals surface area (Å²) >= 11 is 0. The number of anilines is 1. The minimum Gasteiger partial charge on any atom is -0.370 e. The summed E-state index contributed by atoms with van der Waals surface area (Å²) in [5, 5.41) is 6.08. The zero-order chi connectivity index (χ0) is 15.0. The van der Waals surface area contributed by atoms with Gasteiger partial charge in [0.2, 0.25) is 5.91 Å². The molecule has 0 saturated carbocycles. The van der Waals surface area contributed by atoms with Gasteiger partial charge in [-0.05, 0) is 30.9 Å². The van der Waals surface area contributed by atoms with Crippen molar-refractivity contribution in [3.8, 4) is 0 Å². The van der Waals surface area contributed by atoms with Crippen molar-refractivity contribution in [2.75, 3.05) is 18.4 Å². The maximum atomic E-state index is 11.7. The highest BCUT2D eigenvalue weighted by Gasteiger charge is 2.18. The van der Waals surface area contributed by atoms with Crippen LogP contribution in [0.25, 0.3) is 0 Å². The zero-order valence-electron chi connectivity index (χ0n) is 12.6. The number of nitrogens with one attached hydrogen (secondary N) is 2. The highest BCUT2D eigenvalue weighted by molar-refractivity contribution is 5.81. The van der Waals surface area contributed by atoms with Gasteiger partial charge < -0.3 is 16.4 Å². The molecule has 2 atom stereocenters. The number of aromatic nitrogens is 1. The highest BCUT2D eigenvalue weighted by Crippen LogP contribution is 2.05. The normalized spacial score (nSPS) is 13.6. The van der Waals surface area contributed by atoms with Crippen molar-refractivity contribution < 1.29 is 4.79 Å². The Labute approximate surface area is 121 Å². The van der Waals surface area contributed by atoms with Crippen LogP contribution in [0.4, 0.5) is 5.82 Å². The predicted octanol–water partition coefficient (Wildman–Crippen LogP) is 1.68. The van der Waals surface area contributed by atoms with E-state index >= 15 is 0 Å². The first-order valence-electron chi connectivity index (χ1n) is 7.24. The van der Waals surface area contributed by atoms with E-state index in [1.165, 1.54) is 0 Å². The van der Waals surface area contributed by atoms with Crippen LogP contribution < -0.4 is 16.4 Å². The number of nitrogens with two attached hydrogens (primary N) is 1. The number of hydrogen-bond acceptors (Lipinski definition) is 4. The molecule has 1 aromatic rings. The molecule has 1 amide bonds. The van der Waals surface area contributed by atoms with Gasteiger partial charge in [0.25, 0.3) is 0 Å².